The molecule has 2 aliphatic rings. The number of aromatic nitrogens is 5. The summed E-state index contributed by atoms with van der Waals surface area (Å²) < 4.78 is 15.0. The third-order valence-electron chi connectivity index (χ3n) is 4.08. The average Bonchev–Trinajstić information content (AvgIpc) is 3.08. The smallest absolute Gasteiger partial charge is 0.131 e. The van der Waals surface area contributed by atoms with Gasteiger partial charge in [-0.25, -0.2) is 4.68 Å². The first-order chi connectivity index (χ1) is 9.74. The monoisotopic (exact) mass is 275 g/mol. The molecular formula is C13H17N5O2. The van der Waals surface area contributed by atoms with Crippen LogP contribution in [0.1, 0.15) is 12.8 Å². The molecule has 0 aliphatic carbocycles. The number of hydrogen-bond donors (Lipinski definition) is 0. The zero-order chi connectivity index (χ0) is 13.6. The maximum absolute atomic E-state index is 6.08. The molecular weight excluding hydrogens is 258 g/mol. The van der Waals surface area contributed by atoms with Gasteiger partial charge in [-0.2, -0.15) is 5.10 Å². The molecule has 0 amide bonds. The van der Waals surface area contributed by atoms with Crippen molar-refractivity contribution in [1.29, 1.82) is 0 Å². The Morgan fingerprint density at radius 3 is 3.00 bits per heavy atom. The highest BCUT2D eigenvalue weighted by atomic mass is 16.6. The van der Waals surface area contributed by atoms with Gasteiger partial charge in [0.25, 0.3) is 0 Å². The Hall–Kier alpha value is -1.73. The molecule has 2 aliphatic heterocycles. The van der Waals surface area contributed by atoms with Crippen molar-refractivity contribution in [2.75, 3.05) is 13.2 Å². The summed E-state index contributed by atoms with van der Waals surface area (Å²) in [6.45, 7) is 2.22. The van der Waals surface area contributed by atoms with Crippen LogP contribution in [0.15, 0.2) is 18.5 Å². The van der Waals surface area contributed by atoms with Crippen LogP contribution in [0.25, 0.3) is 11.4 Å². The molecule has 2 aromatic rings. The highest BCUT2D eigenvalue weighted by molar-refractivity contribution is 5.51. The van der Waals surface area contributed by atoms with Crippen LogP contribution >= 0.6 is 0 Å². The van der Waals surface area contributed by atoms with Crippen molar-refractivity contribution in [3.63, 3.8) is 0 Å². The molecule has 7 nitrogen and oxygen atoms in total. The largest absolute Gasteiger partial charge is 0.375 e. The van der Waals surface area contributed by atoms with Crippen molar-refractivity contribution < 1.29 is 9.47 Å². The van der Waals surface area contributed by atoms with Crippen molar-refractivity contribution >= 4 is 0 Å². The second-order valence-corrected chi connectivity index (χ2v) is 5.62. The number of ether oxygens (including phenoxy) is 2. The fourth-order valence-corrected chi connectivity index (χ4v) is 2.90. The summed E-state index contributed by atoms with van der Waals surface area (Å²) in [6.07, 6.45) is 6.06. The van der Waals surface area contributed by atoms with Crippen LogP contribution in [0.4, 0.5) is 0 Å². The van der Waals surface area contributed by atoms with Gasteiger partial charge in [0.15, 0.2) is 0 Å². The maximum Gasteiger partial charge on any atom is 0.131 e. The van der Waals surface area contributed by atoms with E-state index in [-0.39, 0.29) is 11.7 Å². The van der Waals surface area contributed by atoms with Crippen LogP contribution in [0.2, 0.25) is 0 Å². The summed E-state index contributed by atoms with van der Waals surface area (Å²) in [5.41, 5.74) is 1.80. The number of hydrogen-bond acceptors (Lipinski definition) is 5. The molecule has 4 heterocycles. The molecule has 1 atom stereocenters. The Balaban J connectivity index is 1.45. The average molecular weight is 275 g/mol. The first-order valence-electron chi connectivity index (χ1n) is 6.88. The lowest BCUT2D eigenvalue weighted by Gasteiger charge is -2.37. The summed E-state index contributed by atoms with van der Waals surface area (Å²) in [5.74, 6) is 0. The quantitative estimate of drug-likeness (QED) is 0.821. The highest BCUT2D eigenvalue weighted by Crippen LogP contribution is 2.36. The van der Waals surface area contributed by atoms with Gasteiger partial charge in [0.2, 0.25) is 0 Å². The molecule has 2 aromatic heterocycles. The standard InChI is InChI=1S/C13H17N5O2/c1-17-12(3-5-14-17)11-7-18(16-15-11)6-10-2-4-13(20-10)8-19-9-13/h3,5,7,10H,2,4,6,8-9H2,1H3. The molecule has 1 unspecified atom stereocenters. The fourth-order valence-electron chi connectivity index (χ4n) is 2.90. The van der Waals surface area contributed by atoms with Crippen molar-refractivity contribution in [3.8, 4) is 11.4 Å². The topological polar surface area (TPSA) is 67.0 Å². The van der Waals surface area contributed by atoms with E-state index < -0.39 is 0 Å². The van der Waals surface area contributed by atoms with E-state index in [4.69, 9.17) is 9.47 Å². The van der Waals surface area contributed by atoms with E-state index in [9.17, 15) is 0 Å². The van der Waals surface area contributed by atoms with E-state index in [2.05, 4.69) is 15.4 Å². The number of aryl methyl sites for hydroxylation is 1. The van der Waals surface area contributed by atoms with E-state index in [0.717, 1.165) is 44.0 Å². The third kappa shape index (κ3) is 1.94. The molecule has 0 aromatic carbocycles. The van der Waals surface area contributed by atoms with Crippen LogP contribution in [-0.2, 0) is 23.1 Å². The van der Waals surface area contributed by atoms with Gasteiger partial charge < -0.3 is 9.47 Å². The first-order valence-corrected chi connectivity index (χ1v) is 6.88. The molecule has 4 rings (SSSR count). The predicted octanol–water partition coefficient (Wildman–Crippen LogP) is 0.627. The molecule has 0 N–H and O–H groups in total. The molecule has 20 heavy (non-hydrogen) atoms. The van der Waals surface area contributed by atoms with Crippen molar-refractivity contribution in [3.05, 3.63) is 18.5 Å². The van der Waals surface area contributed by atoms with Gasteiger partial charge in [-0.15, -0.1) is 5.10 Å². The van der Waals surface area contributed by atoms with Crippen molar-refractivity contribution in [2.24, 2.45) is 7.05 Å². The maximum atomic E-state index is 6.08. The van der Waals surface area contributed by atoms with E-state index >= 15 is 0 Å². The summed E-state index contributed by atoms with van der Waals surface area (Å²) in [7, 11) is 1.90. The van der Waals surface area contributed by atoms with Crippen LogP contribution in [-0.4, -0.2) is 49.7 Å². The molecule has 1 spiro atoms. The normalized spacial score (nSPS) is 24.1. The van der Waals surface area contributed by atoms with E-state index in [1.807, 2.05) is 24.0 Å². The highest BCUT2D eigenvalue weighted by Gasteiger charge is 2.46. The minimum atomic E-state index is -0.00385. The van der Waals surface area contributed by atoms with Gasteiger partial charge in [-0.3, -0.25) is 4.68 Å². The van der Waals surface area contributed by atoms with Crippen molar-refractivity contribution in [1.82, 2.24) is 24.8 Å². The second-order valence-electron chi connectivity index (χ2n) is 5.62. The predicted molar refractivity (Wildman–Crippen MR) is 69.9 cm³/mol. The molecule has 2 fully saturated rings. The summed E-state index contributed by atoms with van der Waals surface area (Å²) in [4.78, 5) is 0. The lowest BCUT2D eigenvalue weighted by atomic mass is 9.98. The number of rotatable bonds is 3. The second kappa shape index (κ2) is 4.39. The van der Waals surface area contributed by atoms with E-state index in [1.54, 1.807) is 10.9 Å². The van der Waals surface area contributed by atoms with Crippen LogP contribution in [0.3, 0.4) is 0 Å². The van der Waals surface area contributed by atoms with E-state index in [0.29, 0.717) is 0 Å². The Morgan fingerprint density at radius 2 is 2.35 bits per heavy atom. The van der Waals surface area contributed by atoms with Crippen molar-refractivity contribution in [2.45, 2.75) is 31.1 Å². The van der Waals surface area contributed by atoms with Gasteiger partial charge in [0.1, 0.15) is 11.3 Å². The van der Waals surface area contributed by atoms with Gasteiger partial charge in [0, 0.05) is 13.2 Å². The lowest BCUT2D eigenvalue weighted by molar-refractivity contribution is -0.201. The zero-order valence-electron chi connectivity index (χ0n) is 11.4. The minimum Gasteiger partial charge on any atom is -0.375 e. The van der Waals surface area contributed by atoms with Gasteiger partial charge >= 0.3 is 0 Å². The van der Waals surface area contributed by atoms with Gasteiger partial charge in [-0.1, -0.05) is 5.21 Å². The molecule has 7 heteroatoms. The SMILES string of the molecule is Cn1nccc1-c1cn(CC2CCC3(COC3)O2)nn1. The first kappa shape index (κ1) is 12.0. The summed E-state index contributed by atoms with van der Waals surface area (Å²) in [6, 6.07) is 1.93. The molecule has 2 saturated heterocycles. The Morgan fingerprint density at radius 1 is 1.45 bits per heavy atom. The summed E-state index contributed by atoms with van der Waals surface area (Å²) >= 11 is 0. The lowest BCUT2D eigenvalue weighted by Crippen LogP contribution is -2.49. The molecule has 0 saturated carbocycles. The fraction of sp³-hybridized carbons (Fsp3) is 0.615. The Kier molecular flexibility index (Phi) is 2.64. The summed E-state index contributed by atoms with van der Waals surface area (Å²) in [5, 5.41) is 12.5. The number of nitrogens with zero attached hydrogens (tertiary/aromatic N) is 5. The van der Waals surface area contributed by atoms with E-state index in [1.165, 1.54) is 0 Å². The zero-order valence-corrected chi connectivity index (χ0v) is 11.4. The van der Waals surface area contributed by atoms with Crippen LogP contribution in [0.5, 0.6) is 0 Å². The Labute approximate surface area is 116 Å². The molecule has 106 valence electrons. The molecule has 0 bridgehead atoms. The third-order valence-corrected chi connectivity index (χ3v) is 4.08. The molecule has 0 radical (unpaired) electrons. The Bertz CT molecular complexity index is 616. The van der Waals surface area contributed by atoms with Gasteiger partial charge in [0.05, 0.1) is 37.8 Å². The van der Waals surface area contributed by atoms with Gasteiger partial charge in [-0.05, 0) is 18.9 Å². The van der Waals surface area contributed by atoms with Crippen LogP contribution in [0, 0.1) is 0 Å². The minimum absolute atomic E-state index is 0.00385. The van der Waals surface area contributed by atoms with Crippen LogP contribution < -0.4 is 0 Å².